The van der Waals surface area contributed by atoms with Crippen LogP contribution in [0.3, 0.4) is 0 Å². The number of rotatable bonds is 4. The van der Waals surface area contributed by atoms with Crippen LogP contribution in [0.25, 0.3) is 11.0 Å². The largest absolute Gasteiger partial charge is 0.389 e. The maximum atomic E-state index is 12.4. The molecule has 2 N–H and O–H groups in total. The van der Waals surface area contributed by atoms with Gasteiger partial charge in [-0.3, -0.25) is 0 Å². The lowest BCUT2D eigenvalue weighted by atomic mass is 9.85. The van der Waals surface area contributed by atoms with Crippen LogP contribution in [0.4, 0.5) is 0 Å². The summed E-state index contributed by atoms with van der Waals surface area (Å²) in [5, 5.41) is 10.4. The number of nitrogens with zero attached hydrogens (tertiary/aromatic N) is 2. The summed E-state index contributed by atoms with van der Waals surface area (Å²) < 4.78 is 35.5. The predicted molar refractivity (Wildman–Crippen MR) is 80.6 cm³/mol. The molecule has 0 aliphatic heterocycles. The molecule has 1 saturated carbocycles. The molecule has 1 aromatic heterocycles. The number of sulfonamides is 1. The topological polar surface area (TPSA) is 92.2 Å². The first kappa shape index (κ1) is 14.8. The molecule has 1 aliphatic carbocycles. The van der Waals surface area contributed by atoms with Crippen molar-refractivity contribution in [2.75, 3.05) is 6.54 Å². The highest BCUT2D eigenvalue weighted by Gasteiger charge is 2.31. The van der Waals surface area contributed by atoms with Gasteiger partial charge in [0.1, 0.15) is 15.9 Å². The zero-order chi connectivity index (χ0) is 14.9. The third-order valence-corrected chi connectivity index (χ3v) is 5.89. The Labute approximate surface area is 127 Å². The molecular weight excluding hydrogens is 310 g/mol. The molecule has 114 valence electrons. The number of aliphatic hydroxyl groups is 1. The van der Waals surface area contributed by atoms with E-state index in [9.17, 15) is 13.5 Å². The van der Waals surface area contributed by atoms with Crippen LogP contribution in [0.2, 0.25) is 0 Å². The molecule has 1 aliphatic rings. The highest BCUT2D eigenvalue weighted by molar-refractivity contribution is 7.89. The van der Waals surface area contributed by atoms with Crippen LogP contribution in [0.1, 0.15) is 32.1 Å². The van der Waals surface area contributed by atoms with Gasteiger partial charge in [0.15, 0.2) is 0 Å². The average molecular weight is 327 g/mol. The highest BCUT2D eigenvalue weighted by Crippen LogP contribution is 2.28. The molecule has 0 radical (unpaired) electrons. The summed E-state index contributed by atoms with van der Waals surface area (Å²) in [6.45, 7) is 0.0449. The molecule has 0 spiro atoms. The van der Waals surface area contributed by atoms with Gasteiger partial charge in [0.25, 0.3) is 0 Å². The number of hydrogen-bond donors (Lipinski definition) is 2. The monoisotopic (exact) mass is 327 g/mol. The van der Waals surface area contributed by atoms with Crippen molar-refractivity contribution < 1.29 is 13.5 Å². The predicted octanol–water partition coefficient (Wildman–Crippen LogP) is 1.66. The molecule has 0 atom stereocenters. The van der Waals surface area contributed by atoms with Gasteiger partial charge in [-0.1, -0.05) is 25.3 Å². The van der Waals surface area contributed by atoms with Crippen LogP contribution >= 0.6 is 11.7 Å². The van der Waals surface area contributed by atoms with Crippen LogP contribution in [-0.4, -0.2) is 34.4 Å². The minimum Gasteiger partial charge on any atom is -0.389 e. The third kappa shape index (κ3) is 3.08. The molecule has 0 unspecified atom stereocenters. The molecule has 1 aromatic carbocycles. The lowest BCUT2D eigenvalue weighted by molar-refractivity contribution is 0.00946. The molecule has 8 heteroatoms. The van der Waals surface area contributed by atoms with Crippen LogP contribution in [0, 0.1) is 0 Å². The summed E-state index contributed by atoms with van der Waals surface area (Å²) >= 11 is 0.987. The van der Waals surface area contributed by atoms with E-state index in [2.05, 4.69) is 13.5 Å². The molecule has 1 heterocycles. The van der Waals surface area contributed by atoms with Crippen molar-refractivity contribution in [2.24, 2.45) is 0 Å². The number of benzene rings is 1. The van der Waals surface area contributed by atoms with E-state index in [4.69, 9.17) is 0 Å². The SMILES string of the molecule is O=S(=O)(NCC1(O)CCCCC1)c1cccc2nsnc12. The van der Waals surface area contributed by atoms with Gasteiger partial charge < -0.3 is 5.11 Å². The number of fused-ring (bicyclic) bond motifs is 1. The van der Waals surface area contributed by atoms with E-state index in [1.54, 1.807) is 12.1 Å². The number of nitrogens with one attached hydrogen (secondary N) is 1. The Kier molecular flexibility index (Phi) is 3.96. The smallest absolute Gasteiger partial charge is 0.242 e. The van der Waals surface area contributed by atoms with Crippen molar-refractivity contribution in [3.05, 3.63) is 18.2 Å². The van der Waals surface area contributed by atoms with Crippen molar-refractivity contribution in [3.63, 3.8) is 0 Å². The fraction of sp³-hybridized carbons (Fsp3) is 0.538. The first-order valence-corrected chi connectivity index (χ1v) is 9.15. The van der Waals surface area contributed by atoms with Gasteiger partial charge in [-0.05, 0) is 25.0 Å². The summed E-state index contributed by atoms with van der Waals surface area (Å²) in [5.74, 6) is 0. The normalized spacial score (nSPS) is 18.9. The summed E-state index contributed by atoms with van der Waals surface area (Å²) in [5.41, 5.74) is 0.0180. The standard InChI is InChI=1S/C13H17N3O3S2/c17-13(7-2-1-3-8-13)9-14-21(18,19)11-6-4-5-10-12(11)16-20-15-10/h4-6,14,17H,1-3,7-9H2. The second-order valence-corrected chi connectivity index (χ2v) is 7.76. The van der Waals surface area contributed by atoms with E-state index in [-0.39, 0.29) is 11.4 Å². The lowest BCUT2D eigenvalue weighted by Crippen LogP contribution is -2.44. The van der Waals surface area contributed by atoms with E-state index >= 15 is 0 Å². The molecule has 21 heavy (non-hydrogen) atoms. The van der Waals surface area contributed by atoms with Crippen molar-refractivity contribution in [3.8, 4) is 0 Å². The Morgan fingerprint density at radius 2 is 2.00 bits per heavy atom. The number of aromatic nitrogens is 2. The Bertz CT molecular complexity index is 736. The minimum absolute atomic E-state index is 0.0449. The Morgan fingerprint density at radius 1 is 1.24 bits per heavy atom. The van der Waals surface area contributed by atoms with Gasteiger partial charge in [-0.2, -0.15) is 8.75 Å². The lowest BCUT2D eigenvalue weighted by Gasteiger charge is -2.32. The molecular formula is C13H17N3O3S2. The van der Waals surface area contributed by atoms with E-state index in [0.717, 1.165) is 31.0 Å². The summed E-state index contributed by atoms with van der Waals surface area (Å²) in [6.07, 6.45) is 4.24. The van der Waals surface area contributed by atoms with Gasteiger partial charge in [0.2, 0.25) is 10.0 Å². The number of hydrogen-bond acceptors (Lipinski definition) is 6. The molecule has 2 aromatic rings. The molecule has 1 fully saturated rings. The molecule has 3 rings (SSSR count). The van der Waals surface area contributed by atoms with Crippen molar-refractivity contribution in [1.82, 2.24) is 13.5 Å². The maximum Gasteiger partial charge on any atom is 0.242 e. The van der Waals surface area contributed by atoms with E-state index in [1.165, 1.54) is 6.07 Å². The highest BCUT2D eigenvalue weighted by atomic mass is 32.2. The molecule has 6 nitrogen and oxygen atoms in total. The second kappa shape index (κ2) is 5.60. The third-order valence-electron chi connectivity index (χ3n) is 3.91. The Morgan fingerprint density at radius 3 is 2.76 bits per heavy atom. The van der Waals surface area contributed by atoms with E-state index in [0.29, 0.717) is 23.9 Å². The molecule has 0 amide bonds. The summed E-state index contributed by atoms with van der Waals surface area (Å²) in [4.78, 5) is 0.119. The summed E-state index contributed by atoms with van der Waals surface area (Å²) in [7, 11) is -3.70. The van der Waals surface area contributed by atoms with Gasteiger partial charge in [-0.25, -0.2) is 13.1 Å². The molecule has 0 saturated heterocycles. The minimum atomic E-state index is -3.70. The second-order valence-electron chi connectivity index (χ2n) is 5.50. The zero-order valence-electron chi connectivity index (χ0n) is 11.4. The van der Waals surface area contributed by atoms with E-state index < -0.39 is 15.6 Å². The summed E-state index contributed by atoms with van der Waals surface area (Å²) in [6, 6.07) is 4.89. The van der Waals surface area contributed by atoms with Crippen molar-refractivity contribution >= 4 is 32.8 Å². The van der Waals surface area contributed by atoms with Crippen molar-refractivity contribution in [1.29, 1.82) is 0 Å². The fourth-order valence-corrected chi connectivity index (χ4v) is 4.58. The van der Waals surface area contributed by atoms with Crippen LogP contribution in [-0.2, 0) is 10.0 Å². The molecule has 0 bridgehead atoms. The first-order valence-electron chi connectivity index (χ1n) is 6.94. The zero-order valence-corrected chi connectivity index (χ0v) is 13.1. The average Bonchev–Trinajstić information content (AvgIpc) is 2.94. The van der Waals surface area contributed by atoms with Crippen LogP contribution in [0.5, 0.6) is 0 Å². The van der Waals surface area contributed by atoms with Gasteiger partial charge in [0.05, 0.1) is 17.3 Å². The quantitative estimate of drug-likeness (QED) is 0.891. The van der Waals surface area contributed by atoms with Crippen LogP contribution in [0.15, 0.2) is 23.1 Å². The maximum absolute atomic E-state index is 12.4. The van der Waals surface area contributed by atoms with Gasteiger partial charge in [-0.15, -0.1) is 0 Å². The van der Waals surface area contributed by atoms with Gasteiger partial charge in [0, 0.05) is 6.54 Å². The van der Waals surface area contributed by atoms with E-state index in [1.807, 2.05) is 0 Å². The Hall–Kier alpha value is -1.09. The van der Waals surface area contributed by atoms with Crippen LogP contribution < -0.4 is 4.72 Å². The Balaban J connectivity index is 1.82. The van der Waals surface area contributed by atoms with Gasteiger partial charge >= 0.3 is 0 Å². The first-order chi connectivity index (χ1) is 10.0. The fourth-order valence-electron chi connectivity index (χ4n) is 2.69. The van der Waals surface area contributed by atoms with Crippen molar-refractivity contribution in [2.45, 2.75) is 42.6 Å².